The first-order valence-electron chi connectivity index (χ1n) is 6.37. The van der Waals surface area contributed by atoms with Gasteiger partial charge in [-0.25, -0.2) is 9.89 Å². The van der Waals surface area contributed by atoms with E-state index in [2.05, 4.69) is 16.3 Å². The first-order valence-corrected chi connectivity index (χ1v) is 7.36. The number of aromatic amines is 1. The molecule has 0 spiro atoms. The highest BCUT2D eigenvalue weighted by Gasteiger charge is 2.16. The van der Waals surface area contributed by atoms with E-state index in [1.165, 1.54) is 11.8 Å². The van der Waals surface area contributed by atoms with Crippen molar-refractivity contribution in [2.75, 3.05) is 5.75 Å². The van der Waals surface area contributed by atoms with Crippen LogP contribution in [-0.4, -0.2) is 20.5 Å². The van der Waals surface area contributed by atoms with E-state index in [9.17, 15) is 10.1 Å². The molecule has 0 aliphatic carbocycles. The topological polar surface area (TPSA) is 74.5 Å². The Morgan fingerprint density at radius 2 is 2.10 bits per heavy atom. The molecule has 6 heteroatoms. The maximum atomic E-state index is 11.6. The first kappa shape index (κ1) is 14.4. The Labute approximate surface area is 121 Å². The third kappa shape index (κ3) is 3.11. The van der Waals surface area contributed by atoms with Crippen LogP contribution in [0.1, 0.15) is 31.4 Å². The normalized spacial score (nSPS) is 12.3. The molecule has 1 N–H and O–H groups in total. The molecule has 1 atom stereocenters. The summed E-state index contributed by atoms with van der Waals surface area (Å²) in [6, 6.07) is 12.0. The highest BCUT2D eigenvalue weighted by atomic mass is 32.2. The summed E-state index contributed by atoms with van der Waals surface area (Å²) in [5.74, 6) is 0.353. The molecule has 0 fully saturated rings. The van der Waals surface area contributed by atoms with Crippen molar-refractivity contribution in [3.8, 4) is 6.07 Å². The Morgan fingerprint density at radius 3 is 2.70 bits per heavy atom. The van der Waals surface area contributed by atoms with Gasteiger partial charge in [-0.2, -0.15) is 5.26 Å². The number of nitriles is 1. The summed E-state index contributed by atoms with van der Waals surface area (Å²) in [6.45, 7) is 3.86. The minimum atomic E-state index is -0.214. The monoisotopic (exact) mass is 288 g/mol. The van der Waals surface area contributed by atoms with E-state index in [-0.39, 0.29) is 17.6 Å². The summed E-state index contributed by atoms with van der Waals surface area (Å²) in [6.07, 6.45) is 0. The summed E-state index contributed by atoms with van der Waals surface area (Å²) in [7, 11) is 0. The van der Waals surface area contributed by atoms with Crippen LogP contribution >= 0.6 is 11.8 Å². The molecular weight excluding hydrogens is 272 g/mol. The lowest BCUT2D eigenvalue weighted by atomic mass is 10.0. The average molecular weight is 288 g/mol. The fourth-order valence-corrected chi connectivity index (χ4v) is 3.02. The van der Waals surface area contributed by atoms with Gasteiger partial charge in [-0.05, 0) is 19.4 Å². The van der Waals surface area contributed by atoms with Crippen molar-refractivity contribution in [2.45, 2.75) is 31.0 Å². The Balaban J connectivity index is 2.12. The third-order valence-electron chi connectivity index (χ3n) is 2.93. The second kappa shape index (κ2) is 6.44. The fourth-order valence-electron chi connectivity index (χ4n) is 1.90. The molecular formula is C14H16N4OS. The van der Waals surface area contributed by atoms with Gasteiger partial charge in [-0.15, -0.1) is 5.10 Å². The summed E-state index contributed by atoms with van der Waals surface area (Å²) in [5.41, 5.74) is 0.771. The van der Waals surface area contributed by atoms with Gasteiger partial charge in [0.2, 0.25) is 0 Å². The predicted molar refractivity (Wildman–Crippen MR) is 78.8 cm³/mol. The van der Waals surface area contributed by atoms with Crippen molar-refractivity contribution in [2.24, 2.45) is 0 Å². The average Bonchev–Trinajstić information content (AvgIpc) is 2.82. The van der Waals surface area contributed by atoms with Gasteiger partial charge in [0.05, 0.1) is 12.0 Å². The van der Waals surface area contributed by atoms with E-state index in [1.807, 2.05) is 44.2 Å². The summed E-state index contributed by atoms with van der Waals surface area (Å²) >= 11 is 1.42. The van der Waals surface area contributed by atoms with Crippen molar-refractivity contribution < 1.29 is 0 Å². The van der Waals surface area contributed by atoms with Crippen LogP contribution in [-0.2, 0) is 0 Å². The van der Waals surface area contributed by atoms with E-state index in [1.54, 1.807) is 4.57 Å². The van der Waals surface area contributed by atoms with Crippen molar-refractivity contribution in [3.05, 3.63) is 46.4 Å². The molecule has 0 amide bonds. The molecule has 0 radical (unpaired) electrons. The molecule has 2 aromatic rings. The van der Waals surface area contributed by atoms with Gasteiger partial charge in [0, 0.05) is 11.8 Å². The first-order chi connectivity index (χ1) is 9.63. The minimum absolute atomic E-state index is 0.0426. The van der Waals surface area contributed by atoms with E-state index in [0.29, 0.717) is 10.9 Å². The Morgan fingerprint density at radius 1 is 1.40 bits per heavy atom. The van der Waals surface area contributed by atoms with Gasteiger partial charge < -0.3 is 0 Å². The molecule has 20 heavy (non-hydrogen) atoms. The second-order valence-corrected chi connectivity index (χ2v) is 5.67. The van der Waals surface area contributed by atoms with Crippen LogP contribution in [0.2, 0.25) is 0 Å². The zero-order chi connectivity index (χ0) is 14.5. The Bertz CT molecular complexity index is 654. The molecule has 2 rings (SSSR count). The molecule has 0 saturated heterocycles. The number of H-pyrrole nitrogens is 1. The lowest BCUT2D eigenvalue weighted by Crippen LogP contribution is -2.19. The summed E-state index contributed by atoms with van der Waals surface area (Å²) in [5, 5.41) is 16.4. The molecule has 104 valence electrons. The zero-order valence-electron chi connectivity index (χ0n) is 11.4. The van der Waals surface area contributed by atoms with E-state index in [4.69, 9.17) is 0 Å². The van der Waals surface area contributed by atoms with Crippen LogP contribution < -0.4 is 5.69 Å². The number of aromatic nitrogens is 3. The summed E-state index contributed by atoms with van der Waals surface area (Å²) < 4.78 is 1.60. The molecule has 1 aromatic carbocycles. The Kier molecular flexibility index (Phi) is 4.64. The highest BCUT2D eigenvalue weighted by molar-refractivity contribution is 7.99. The van der Waals surface area contributed by atoms with Crippen LogP contribution in [0.3, 0.4) is 0 Å². The van der Waals surface area contributed by atoms with Crippen molar-refractivity contribution >= 4 is 11.8 Å². The van der Waals surface area contributed by atoms with Crippen LogP contribution in [0.5, 0.6) is 0 Å². The maximum Gasteiger partial charge on any atom is 0.344 e. The van der Waals surface area contributed by atoms with Crippen LogP contribution in [0.25, 0.3) is 0 Å². The molecule has 0 aliphatic rings. The number of hydrogen-bond acceptors (Lipinski definition) is 4. The number of nitrogens with one attached hydrogen (secondary N) is 1. The predicted octanol–water partition coefficient (Wildman–Crippen LogP) is 2.55. The molecule has 0 bridgehead atoms. The quantitative estimate of drug-likeness (QED) is 0.858. The van der Waals surface area contributed by atoms with Crippen LogP contribution in [0.15, 0.2) is 40.3 Å². The molecule has 0 aliphatic heterocycles. The lowest BCUT2D eigenvalue weighted by molar-refractivity contribution is 0.534. The SMILES string of the molecule is CC(C)n1c(SCC(C#N)c2ccccc2)n[nH]c1=O. The smallest absolute Gasteiger partial charge is 0.268 e. The molecule has 1 heterocycles. The second-order valence-electron chi connectivity index (χ2n) is 4.68. The molecule has 1 unspecified atom stereocenters. The van der Waals surface area contributed by atoms with Gasteiger partial charge >= 0.3 is 5.69 Å². The molecule has 0 saturated carbocycles. The Hall–Kier alpha value is -2.00. The van der Waals surface area contributed by atoms with E-state index < -0.39 is 0 Å². The fraction of sp³-hybridized carbons (Fsp3) is 0.357. The van der Waals surface area contributed by atoms with Crippen LogP contribution in [0.4, 0.5) is 0 Å². The van der Waals surface area contributed by atoms with Gasteiger partial charge in [-0.1, -0.05) is 42.1 Å². The molecule has 1 aromatic heterocycles. The standard InChI is InChI=1S/C14H16N4OS/c1-10(2)18-13(19)16-17-14(18)20-9-12(8-15)11-6-4-3-5-7-11/h3-7,10,12H,9H2,1-2H3,(H,16,19). The van der Waals surface area contributed by atoms with Gasteiger partial charge in [0.25, 0.3) is 0 Å². The van der Waals surface area contributed by atoms with E-state index in [0.717, 1.165) is 5.56 Å². The highest BCUT2D eigenvalue weighted by Crippen LogP contribution is 2.25. The van der Waals surface area contributed by atoms with Gasteiger partial charge in [0.15, 0.2) is 5.16 Å². The zero-order valence-corrected chi connectivity index (χ0v) is 12.2. The minimum Gasteiger partial charge on any atom is -0.268 e. The van der Waals surface area contributed by atoms with Gasteiger partial charge in [0.1, 0.15) is 0 Å². The van der Waals surface area contributed by atoms with Crippen molar-refractivity contribution in [1.29, 1.82) is 5.26 Å². The van der Waals surface area contributed by atoms with E-state index >= 15 is 0 Å². The summed E-state index contributed by atoms with van der Waals surface area (Å²) in [4.78, 5) is 11.6. The largest absolute Gasteiger partial charge is 0.344 e. The number of hydrogen-bond donors (Lipinski definition) is 1. The third-order valence-corrected chi connectivity index (χ3v) is 3.97. The number of rotatable bonds is 5. The lowest BCUT2D eigenvalue weighted by Gasteiger charge is -2.11. The number of nitrogens with zero attached hydrogens (tertiary/aromatic N) is 3. The van der Waals surface area contributed by atoms with Gasteiger partial charge in [-0.3, -0.25) is 4.57 Å². The molecule has 5 nitrogen and oxygen atoms in total. The maximum absolute atomic E-state index is 11.6. The number of benzene rings is 1. The van der Waals surface area contributed by atoms with Crippen molar-refractivity contribution in [3.63, 3.8) is 0 Å². The van der Waals surface area contributed by atoms with Crippen molar-refractivity contribution in [1.82, 2.24) is 14.8 Å². The van der Waals surface area contributed by atoms with Crippen LogP contribution in [0, 0.1) is 11.3 Å². The number of thioether (sulfide) groups is 1.